The van der Waals surface area contributed by atoms with Crippen LogP contribution in [0.25, 0.3) is 0 Å². The SMILES string of the molecule is CNc1ncccc1C(=O)NCCCN1CCCCC1C. The molecule has 1 saturated heterocycles. The summed E-state index contributed by atoms with van der Waals surface area (Å²) in [6.45, 7) is 5.27. The van der Waals surface area contributed by atoms with Gasteiger partial charge >= 0.3 is 0 Å². The van der Waals surface area contributed by atoms with Gasteiger partial charge in [0.25, 0.3) is 5.91 Å². The van der Waals surface area contributed by atoms with Crippen molar-refractivity contribution in [1.82, 2.24) is 15.2 Å². The molecule has 0 radical (unpaired) electrons. The Kier molecular flexibility index (Phi) is 5.99. The molecular formula is C16H26N4O. The summed E-state index contributed by atoms with van der Waals surface area (Å²) in [4.78, 5) is 18.8. The molecule has 1 aliphatic heterocycles. The lowest BCUT2D eigenvalue weighted by Crippen LogP contribution is -2.39. The predicted molar refractivity (Wildman–Crippen MR) is 85.6 cm³/mol. The molecule has 1 aliphatic rings. The van der Waals surface area contributed by atoms with Gasteiger partial charge < -0.3 is 15.5 Å². The Labute approximate surface area is 127 Å². The average molecular weight is 290 g/mol. The molecule has 116 valence electrons. The molecule has 2 N–H and O–H groups in total. The molecule has 0 bridgehead atoms. The number of amides is 1. The highest BCUT2D eigenvalue weighted by molar-refractivity contribution is 5.98. The number of pyridine rings is 1. The summed E-state index contributed by atoms with van der Waals surface area (Å²) in [6.07, 6.45) is 6.62. The maximum Gasteiger partial charge on any atom is 0.255 e. The second-order valence-corrected chi connectivity index (χ2v) is 5.64. The number of nitrogens with zero attached hydrogens (tertiary/aromatic N) is 2. The first-order chi connectivity index (χ1) is 10.2. The summed E-state index contributed by atoms with van der Waals surface area (Å²) in [6, 6.07) is 4.26. The lowest BCUT2D eigenvalue weighted by molar-refractivity contribution is 0.0949. The normalized spacial score (nSPS) is 19.2. The van der Waals surface area contributed by atoms with E-state index in [1.54, 1.807) is 25.4 Å². The second kappa shape index (κ2) is 7.98. The number of anilines is 1. The van der Waals surface area contributed by atoms with Crippen molar-refractivity contribution in [3.05, 3.63) is 23.9 Å². The van der Waals surface area contributed by atoms with E-state index in [4.69, 9.17) is 0 Å². The Bertz CT molecular complexity index is 463. The highest BCUT2D eigenvalue weighted by Crippen LogP contribution is 2.16. The van der Waals surface area contributed by atoms with Gasteiger partial charge in [-0.3, -0.25) is 4.79 Å². The fourth-order valence-electron chi connectivity index (χ4n) is 2.86. The van der Waals surface area contributed by atoms with Crippen molar-refractivity contribution < 1.29 is 4.79 Å². The summed E-state index contributed by atoms with van der Waals surface area (Å²) >= 11 is 0. The molecule has 1 unspecified atom stereocenters. The van der Waals surface area contributed by atoms with Gasteiger partial charge in [0, 0.05) is 32.4 Å². The Morgan fingerprint density at radius 3 is 3.10 bits per heavy atom. The minimum Gasteiger partial charge on any atom is -0.372 e. The van der Waals surface area contributed by atoms with Gasteiger partial charge in [-0.2, -0.15) is 0 Å². The topological polar surface area (TPSA) is 57.3 Å². The van der Waals surface area contributed by atoms with E-state index in [1.807, 2.05) is 0 Å². The van der Waals surface area contributed by atoms with Crippen LogP contribution in [0.4, 0.5) is 5.82 Å². The molecule has 0 spiro atoms. The molecule has 0 saturated carbocycles. The third-order valence-electron chi connectivity index (χ3n) is 4.14. The number of nitrogens with one attached hydrogen (secondary N) is 2. The van der Waals surface area contributed by atoms with Crippen LogP contribution in [0.3, 0.4) is 0 Å². The number of aromatic nitrogens is 1. The van der Waals surface area contributed by atoms with Crippen molar-refractivity contribution in [3.8, 4) is 0 Å². The highest BCUT2D eigenvalue weighted by Gasteiger charge is 2.17. The zero-order valence-electron chi connectivity index (χ0n) is 13.1. The summed E-state index contributed by atoms with van der Waals surface area (Å²) in [7, 11) is 1.77. The highest BCUT2D eigenvalue weighted by atomic mass is 16.1. The molecule has 0 aliphatic carbocycles. The molecule has 1 atom stereocenters. The molecule has 21 heavy (non-hydrogen) atoms. The molecular weight excluding hydrogens is 264 g/mol. The smallest absolute Gasteiger partial charge is 0.255 e. The molecule has 0 aromatic carbocycles. The van der Waals surface area contributed by atoms with Crippen LogP contribution in [0.15, 0.2) is 18.3 Å². The summed E-state index contributed by atoms with van der Waals surface area (Å²) in [5.74, 6) is 0.568. The van der Waals surface area contributed by atoms with E-state index in [0.29, 0.717) is 24.0 Å². The summed E-state index contributed by atoms with van der Waals surface area (Å²) in [5.41, 5.74) is 0.603. The van der Waals surface area contributed by atoms with Gasteiger partial charge in [0.2, 0.25) is 0 Å². The number of carbonyl (C=O) groups excluding carboxylic acids is 1. The molecule has 1 aromatic heterocycles. The van der Waals surface area contributed by atoms with Crippen molar-refractivity contribution in [3.63, 3.8) is 0 Å². The average Bonchev–Trinajstić information content (AvgIpc) is 2.52. The van der Waals surface area contributed by atoms with Gasteiger partial charge in [0.15, 0.2) is 0 Å². The van der Waals surface area contributed by atoms with E-state index in [-0.39, 0.29) is 5.91 Å². The first kappa shape index (κ1) is 15.8. The predicted octanol–water partition coefficient (Wildman–Crippen LogP) is 2.12. The molecule has 1 fully saturated rings. The van der Waals surface area contributed by atoms with Crippen LogP contribution < -0.4 is 10.6 Å². The van der Waals surface area contributed by atoms with Crippen LogP contribution in [0, 0.1) is 0 Å². The molecule has 2 heterocycles. The van der Waals surface area contributed by atoms with Gasteiger partial charge in [-0.1, -0.05) is 6.42 Å². The number of piperidine rings is 1. The van der Waals surface area contributed by atoms with Crippen LogP contribution in [0.5, 0.6) is 0 Å². The zero-order chi connectivity index (χ0) is 15.1. The molecule has 5 heteroatoms. The van der Waals surface area contributed by atoms with Crippen LogP contribution in [0.2, 0.25) is 0 Å². The Morgan fingerprint density at radius 2 is 2.33 bits per heavy atom. The molecule has 1 aromatic rings. The Balaban J connectivity index is 1.74. The zero-order valence-corrected chi connectivity index (χ0v) is 13.1. The van der Waals surface area contributed by atoms with Gasteiger partial charge in [0.1, 0.15) is 5.82 Å². The van der Waals surface area contributed by atoms with Crippen LogP contribution in [-0.2, 0) is 0 Å². The number of carbonyl (C=O) groups is 1. The largest absolute Gasteiger partial charge is 0.372 e. The van der Waals surface area contributed by atoms with Crippen molar-refractivity contribution in [2.45, 2.75) is 38.6 Å². The van der Waals surface area contributed by atoms with Gasteiger partial charge in [0.05, 0.1) is 5.56 Å². The van der Waals surface area contributed by atoms with E-state index in [9.17, 15) is 4.79 Å². The Morgan fingerprint density at radius 1 is 1.48 bits per heavy atom. The van der Waals surface area contributed by atoms with Crippen molar-refractivity contribution in [2.75, 3.05) is 32.0 Å². The standard InChI is InChI=1S/C16H26N4O/c1-13-7-3-4-11-20(13)12-6-10-19-16(21)14-8-5-9-18-15(14)17-2/h5,8-9,13H,3-4,6-7,10-12H2,1-2H3,(H,17,18)(H,19,21). The first-order valence-corrected chi connectivity index (χ1v) is 7.87. The molecule has 5 nitrogen and oxygen atoms in total. The molecule has 2 rings (SSSR count). The van der Waals surface area contributed by atoms with Gasteiger partial charge in [-0.25, -0.2) is 4.98 Å². The third kappa shape index (κ3) is 4.43. The lowest BCUT2D eigenvalue weighted by atomic mass is 10.0. The van der Waals surface area contributed by atoms with Crippen molar-refractivity contribution in [2.24, 2.45) is 0 Å². The number of rotatable bonds is 6. The summed E-state index contributed by atoms with van der Waals surface area (Å²) in [5, 5.41) is 5.93. The fourth-order valence-corrected chi connectivity index (χ4v) is 2.86. The monoisotopic (exact) mass is 290 g/mol. The van der Waals surface area contributed by atoms with E-state index in [1.165, 1.54) is 25.8 Å². The third-order valence-corrected chi connectivity index (χ3v) is 4.14. The van der Waals surface area contributed by atoms with Crippen LogP contribution in [-0.4, -0.2) is 48.5 Å². The van der Waals surface area contributed by atoms with E-state index < -0.39 is 0 Å². The first-order valence-electron chi connectivity index (χ1n) is 7.87. The summed E-state index contributed by atoms with van der Waals surface area (Å²) < 4.78 is 0. The van der Waals surface area contributed by atoms with Crippen LogP contribution in [0.1, 0.15) is 43.0 Å². The van der Waals surface area contributed by atoms with Crippen molar-refractivity contribution in [1.29, 1.82) is 0 Å². The van der Waals surface area contributed by atoms with Gasteiger partial charge in [-0.05, 0) is 44.9 Å². The van der Waals surface area contributed by atoms with E-state index >= 15 is 0 Å². The number of hydrogen-bond donors (Lipinski definition) is 2. The minimum absolute atomic E-state index is 0.0563. The van der Waals surface area contributed by atoms with Crippen LogP contribution >= 0.6 is 0 Å². The van der Waals surface area contributed by atoms with Gasteiger partial charge in [-0.15, -0.1) is 0 Å². The van der Waals surface area contributed by atoms with E-state index in [0.717, 1.165) is 13.0 Å². The lowest BCUT2D eigenvalue weighted by Gasteiger charge is -2.33. The fraction of sp³-hybridized carbons (Fsp3) is 0.625. The minimum atomic E-state index is -0.0563. The second-order valence-electron chi connectivity index (χ2n) is 5.64. The molecule has 1 amide bonds. The quantitative estimate of drug-likeness (QED) is 0.788. The maximum absolute atomic E-state index is 12.1. The van der Waals surface area contributed by atoms with Crippen molar-refractivity contribution >= 4 is 11.7 Å². The number of hydrogen-bond acceptors (Lipinski definition) is 4. The number of likely N-dealkylation sites (tertiary alicyclic amines) is 1. The van der Waals surface area contributed by atoms with E-state index in [2.05, 4.69) is 27.4 Å². The Hall–Kier alpha value is -1.62. The maximum atomic E-state index is 12.1.